The van der Waals surface area contributed by atoms with Gasteiger partial charge in [0.25, 0.3) is 5.91 Å². The molecule has 192 valence electrons. The lowest BCUT2D eigenvalue weighted by atomic mass is 9.86. The van der Waals surface area contributed by atoms with Crippen molar-refractivity contribution in [2.45, 2.75) is 64.5 Å². The molecule has 2 aromatic rings. The molecule has 3 aliphatic rings. The largest absolute Gasteiger partial charge is 0.481 e. The molecular formula is C30H38N2O4. The van der Waals surface area contributed by atoms with E-state index in [1.165, 1.54) is 11.1 Å². The van der Waals surface area contributed by atoms with Crippen molar-refractivity contribution in [3.05, 3.63) is 64.7 Å². The van der Waals surface area contributed by atoms with Crippen LogP contribution < -0.4 is 4.74 Å². The van der Waals surface area contributed by atoms with Crippen LogP contribution in [0.3, 0.4) is 0 Å². The number of nitrogens with zero attached hydrogens (tertiary/aromatic N) is 2. The molecule has 5 rings (SSSR count). The molecule has 0 unspecified atom stereocenters. The van der Waals surface area contributed by atoms with Crippen LogP contribution in [0.25, 0.3) is 0 Å². The number of benzene rings is 2. The fourth-order valence-electron chi connectivity index (χ4n) is 5.88. The molecule has 6 nitrogen and oxygen atoms in total. The maximum absolute atomic E-state index is 13.7. The summed E-state index contributed by atoms with van der Waals surface area (Å²) in [4.78, 5) is 30.7. The van der Waals surface area contributed by atoms with Crippen LogP contribution in [0.2, 0.25) is 0 Å². The zero-order valence-electron chi connectivity index (χ0n) is 21.6. The van der Waals surface area contributed by atoms with Crippen LogP contribution in [0.15, 0.2) is 42.5 Å². The minimum Gasteiger partial charge on any atom is -0.481 e. The van der Waals surface area contributed by atoms with Crippen molar-refractivity contribution in [2.24, 2.45) is 5.92 Å². The topological polar surface area (TPSA) is 59.1 Å². The van der Waals surface area contributed by atoms with Gasteiger partial charge in [-0.05, 0) is 61.4 Å². The molecule has 0 radical (unpaired) electrons. The Hall–Kier alpha value is -2.86. The lowest BCUT2D eigenvalue weighted by molar-refractivity contribution is -0.143. The first kappa shape index (κ1) is 24.8. The van der Waals surface area contributed by atoms with Crippen LogP contribution in [0, 0.1) is 12.8 Å². The monoisotopic (exact) mass is 490 g/mol. The van der Waals surface area contributed by atoms with Gasteiger partial charge in [-0.15, -0.1) is 0 Å². The van der Waals surface area contributed by atoms with E-state index in [-0.39, 0.29) is 23.8 Å². The third-order valence-corrected chi connectivity index (χ3v) is 7.97. The highest BCUT2D eigenvalue weighted by Crippen LogP contribution is 2.40. The standard InChI is InChI=1S/C30H38N2O4/c1-3-27(30(34)31-16-18-35-19-17-31)36-25-13-12-22-14-15-32(29(33)24-6-4-5-7-24)28(26(22)20-25)23-10-8-21(2)9-11-23/h8-13,20,24,27-28H,3-7,14-19H2,1-2H3/t27-,28+/m0/s1. The summed E-state index contributed by atoms with van der Waals surface area (Å²) >= 11 is 0. The normalized spacial score (nSPS) is 21.2. The molecule has 1 saturated carbocycles. The minimum absolute atomic E-state index is 0.0200. The van der Waals surface area contributed by atoms with Crippen LogP contribution >= 0.6 is 0 Å². The molecule has 2 fully saturated rings. The number of carbonyl (C=O) groups is 2. The van der Waals surface area contributed by atoms with Gasteiger partial charge in [0.05, 0.1) is 19.3 Å². The van der Waals surface area contributed by atoms with E-state index in [2.05, 4.69) is 48.2 Å². The maximum Gasteiger partial charge on any atom is 0.263 e. The van der Waals surface area contributed by atoms with Crippen molar-refractivity contribution >= 4 is 11.8 Å². The molecule has 2 aromatic carbocycles. The molecule has 6 heteroatoms. The molecule has 36 heavy (non-hydrogen) atoms. The van der Waals surface area contributed by atoms with Crippen LogP contribution in [0.1, 0.15) is 67.3 Å². The summed E-state index contributed by atoms with van der Waals surface area (Å²) in [7, 11) is 0. The lowest BCUT2D eigenvalue weighted by Crippen LogP contribution is -2.47. The van der Waals surface area contributed by atoms with Crippen molar-refractivity contribution in [3.8, 4) is 5.75 Å². The van der Waals surface area contributed by atoms with E-state index in [0.717, 1.165) is 49.8 Å². The van der Waals surface area contributed by atoms with E-state index in [1.807, 2.05) is 17.9 Å². The molecular weight excluding hydrogens is 452 g/mol. The Morgan fingerprint density at radius 3 is 2.44 bits per heavy atom. The summed E-state index contributed by atoms with van der Waals surface area (Å²) in [6.07, 6.45) is 5.18. The van der Waals surface area contributed by atoms with Gasteiger partial charge in [0.2, 0.25) is 5.91 Å². The van der Waals surface area contributed by atoms with E-state index in [0.29, 0.717) is 38.5 Å². The third kappa shape index (κ3) is 5.15. The average Bonchev–Trinajstić information content (AvgIpc) is 3.46. The van der Waals surface area contributed by atoms with Crippen molar-refractivity contribution < 1.29 is 19.1 Å². The molecule has 0 N–H and O–H groups in total. The quantitative estimate of drug-likeness (QED) is 0.590. The summed E-state index contributed by atoms with van der Waals surface area (Å²) in [5, 5.41) is 0. The van der Waals surface area contributed by atoms with Gasteiger partial charge in [-0.3, -0.25) is 9.59 Å². The van der Waals surface area contributed by atoms with Crippen LogP contribution in [-0.4, -0.2) is 60.6 Å². The van der Waals surface area contributed by atoms with Gasteiger partial charge >= 0.3 is 0 Å². The highest BCUT2D eigenvalue weighted by atomic mass is 16.5. The average molecular weight is 491 g/mol. The maximum atomic E-state index is 13.7. The predicted molar refractivity (Wildman–Crippen MR) is 139 cm³/mol. The summed E-state index contributed by atoms with van der Waals surface area (Å²) in [6.45, 7) is 7.16. The third-order valence-electron chi connectivity index (χ3n) is 7.97. The smallest absolute Gasteiger partial charge is 0.263 e. The fraction of sp³-hybridized carbons (Fsp3) is 0.533. The van der Waals surface area contributed by atoms with Gasteiger partial charge in [0.1, 0.15) is 5.75 Å². The highest BCUT2D eigenvalue weighted by Gasteiger charge is 2.36. The van der Waals surface area contributed by atoms with Gasteiger partial charge in [-0.25, -0.2) is 0 Å². The first-order valence-electron chi connectivity index (χ1n) is 13.6. The molecule has 0 aromatic heterocycles. The van der Waals surface area contributed by atoms with E-state index in [4.69, 9.17) is 9.47 Å². The molecule has 2 aliphatic heterocycles. The number of hydrogen-bond donors (Lipinski definition) is 0. The second-order valence-corrected chi connectivity index (χ2v) is 10.4. The second kappa shape index (κ2) is 11.0. The Bertz CT molecular complexity index is 1070. The summed E-state index contributed by atoms with van der Waals surface area (Å²) in [5.41, 5.74) is 4.69. The zero-order chi connectivity index (χ0) is 25.1. The lowest BCUT2D eigenvalue weighted by Gasteiger charge is -2.39. The van der Waals surface area contributed by atoms with Crippen LogP contribution in [0.5, 0.6) is 5.75 Å². The number of aryl methyl sites for hydroxylation is 1. The van der Waals surface area contributed by atoms with Gasteiger partial charge < -0.3 is 19.3 Å². The number of fused-ring (bicyclic) bond motifs is 1. The molecule has 2 atom stereocenters. The number of rotatable bonds is 6. The predicted octanol–water partition coefficient (Wildman–Crippen LogP) is 4.68. The summed E-state index contributed by atoms with van der Waals surface area (Å²) in [5.74, 6) is 1.12. The number of morpholine rings is 1. The van der Waals surface area contributed by atoms with Gasteiger partial charge in [-0.2, -0.15) is 0 Å². The van der Waals surface area contributed by atoms with E-state index in [1.54, 1.807) is 0 Å². The molecule has 0 bridgehead atoms. The molecule has 0 spiro atoms. The van der Waals surface area contributed by atoms with E-state index < -0.39 is 6.10 Å². The van der Waals surface area contributed by atoms with E-state index in [9.17, 15) is 9.59 Å². The molecule has 1 aliphatic carbocycles. The van der Waals surface area contributed by atoms with Crippen LogP contribution in [0.4, 0.5) is 0 Å². The minimum atomic E-state index is -0.529. The Morgan fingerprint density at radius 2 is 1.75 bits per heavy atom. The SMILES string of the molecule is CC[C@H](Oc1ccc2c(c1)[C@@H](c1ccc(C)cc1)N(C(=O)C1CCCC1)CC2)C(=O)N1CCOCC1. The molecule has 1 saturated heterocycles. The number of ether oxygens (including phenoxy) is 2. The Labute approximate surface area is 214 Å². The summed E-state index contributed by atoms with van der Waals surface area (Å²) in [6, 6.07) is 14.6. The molecule has 2 amide bonds. The van der Waals surface area contributed by atoms with Gasteiger partial charge in [0.15, 0.2) is 6.10 Å². The van der Waals surface area contributed by atoms with E-state index >= 15 is 0 Å². The van der Waals surface area contributed by atoms with Crippen molar-refractivity contribution in [3.63, 3.8) is 0 Å². The van der Waals surface area contributed by atoms with Crippen LogP contribution in [-0.2, 0) is 20.7 Å². The summed E-state index contributed by atoms with van der Waals surface area (Å²) < 4.78 is 11.7. The second-order valence-electron chi connectivity index (χ2n) is 10.4. The van der Waals surface area contributed by atoms with Crippen molar-refractivity contribution in [1.29, 1.82) is 0 Å². The van der Waals surface area contributed by atoms with Crippen molar-refractivity contribution in [1.82, 2.24) is 9.80 Å². The highest BCUT2D eigenvalue weighted by molar-refractivity contribution is 5.82. The Morgan fingerprint density at radius 1 is 1.03 bits per heavy atom. The Kier molecular flexibility index (Phi) is 7.61. The fourth-order valence-corrected chi connectivity index (χ4v) is 5.88. The first-order chi connectivity index (χ1) is 17.5. The zero-order valence-corrected chi connectivity index (χ0v) is 21.6. The molecule has 2 heterocycles. The first-order valence-corrected chi connectivity index (χ1v) is 13.6. The number of carbonyl (C=O) groups excluding carboxylic acids is 2. The van der Waals surface area contributed by atoms with Crippen molar-refractivity contribution in [2.75, 3.05) is 32.8 Å². The number of hydrogen-bond acceptors (Lipinski definition) is 4. The number of amides is 2. The van der Waals surface area contributed by atoms with Gasteiger partial charge in [0, 0.05) is 25.6 Å². The Balaban J connectivity index is 1.45. The van der Waals surface area contributed by atoms with Gasteiger partial charge in [-0.1, -0.05) is 55.7 Å².